The lowest BCUT2D eigenvalue weighted by molar-refractivity contribution is -0.142. The number of esters is 1. The molecular weight excluding hydrogens is 251 g/mol. The molecule has 1 rings (SSSR count). The lowest BCUT2D eigenvalue weighted by Crippen LogP contribution is -2.08. The van der Waals surface area contributed by atoms with Crippen molar-refractivity contribution >= 4 is 29.2 Å². The molecule has 88 valence electrons. The molecule has 0 saturated heterocycles. The van der Waals surface area contributed by atoms with E-state index in [0.29, 0.717) is 28.0 Å². The third-order valence-corrected chi connectivity index (χ3v) is 2.61. The van der Waals surface area contributed by atoms with Crippen LogP contribution < -0.4 is 4.74 Å². The average Bonchev–Trinajstić information content (AvgIpc) is 2.23. The number of halogens is 2. The summed E-state index contributed by atoms with van der Waals surface area (Å²) in [4.78, 5) is 11.3. The number of carbonyl (C=O) groups excluding carboxylic acids is 1. The summed E-state index contributed by atoms with van der Waals surface area (Å²) in [6.45, 7) is 2.10. The monoisotopic (exact) mass is 262 g/mol. The van der Waals surface area contributed by atoms with Crippen LogP contribution in [0.2, 0.25) is 10.0 Å². The zero-order valence-corrected chi connectivity index (χ0v) is 10.6. The summed E-state index contributed by atoms with van der Waals surface area (Å²) in [5.41, 5.74) is 0.630. The summed E-state index contributed by atoms with van der Waals surface area (Å²) in [5.74, 6) is 0.157. The smallest absolute Gasteiger partial charge is 0.310 e. The summed E-state index contributed by atoms with van der Waals surface area (Å²) in [5, 5.41) is 0.862. The minimum absolute atomic E-state index is 0.108. The van der Waals surface area contributed by atoms with Gasteiger partial charge >= 0.3 is 5.97 Å². The molecule has 0 radical (unpaired) electrons. The fourth-order valence-corrected chi connectivity index (χ4v) is 1.71. The van der Waals surface area contributed by atoms with E-state index < -0.39 is 0 Å². The van der Waals surface area contributed by atoms with Crippen molar-refractivity contribution in [3.05, 3.63) is 27.7 Å². The second kappa shape index (κ2) is 5.97. The summed E-state index contributed by atoms with van der Waals surface area (Å²) in [7, 11) is 1.50. The van der Waals surface area contributed by atoms with Crippen LogP contribution in [0.15, 0.2) is 12.1 Å². The fraction of sp³-hybridized carbons (Fsp3) is 0.364. The van der Waals surface area contributed by atoms with Crippen LogP contribution in [0.5, 0.6) is 5.75 Å². The zero-order valence-electron chi connectivity index (χ0n) is 9.05. The standard InChI is InChI=1S/C11H12Cl2O3/c1-3-16-11(14)5-7-4-9(13)10(15-2)6-8(7)12/h4,6H,3,5H2,1-2H3. The van der Waals surface area contributed by atoms with E-state index in [-0.39, 0.29) is 12.4 Å². The predicted octanol–water partition coefficient (Wildman–Crippen LogP) is 3.11. The molecule has 0 fully saturated rings. The van der Waals surface area contributed by atoms with Crippen molar-refractivity contribution in [3.8, 4) is 5.75 Å². The maximum atomic E-state index is 11.3. The summed E-state index contributed by atoms with van der Waals surface area (Å²) in [6, 6.07) is 3.19. The Morgan fingerprint density at radius 3 is 2.56 bits per heavy atom. The summed E-state index contributed by atoms with van der Waals surface area (Å²) in [6.07, 6.45) is 0.108. The minimum Gasteiger partial charge on any atom is -0.495 e. The van der Waals surface area contributed by atoms with Gasteiger partial charge < -0.3 is 9.47 Å². The van der Waals surface area contributed by atoms with Gasteiger partial charge in [-0.15, -0.1) is 0 Å². The van der Waals surface area contributed by atoms with Gasteiger partial charge in [-0.1, -0.05) is 23.2 Å². The molecule has 0 aliphatic carbocycles. The van der Waals surface area contributed by atoms with Crippen molar-refractivity contribution in [2.45, 2.75) is 13.3 Å². The van der Waals surface area contributed by atoms with Gasteiger partial charge in [-0.05, 0) is 18.6 Å². The first kappa shape index (κ1) is 13.1. The van der Waals surface area contributed by atoms with Gasteiger partial charge in [0, 0.05) is 11.1 Å². The van der Waals surface area contributed by atoms with Crippen molar-refractivity contribution in [3.63, 3.8) is 0 Å². The van der Waals surface area contributed by atoms with Gasteiger partial charge in [-0.2, -0.15) is 0 Å². The molecule has 0 heterocycles. The number of methoxy groups -OCH3 is 1. The van der Waals surface area contributed by atoms with Crippen LogP contribution in [0, 0.1) is 0 Å². The Morgan fingerprint density at radius 1 is 1.31 bits per heavy atom. The minimum atomic E-state index is -0.328. The first-order valence-corrected chi connectivity index (χ1v) is 5.51. The van der Waals surface area contributed by atoms with E-state index in [2.05, 4.69) is 0 Å². The van der Waals surface area contributed by atoms with Crippen LogP contribution in [0.1, 0.15) is 12.5 Å². The molecule has 0 aromatic heterocycles. The third kappa shape index (κ3) is 3.29. The molecule has 0 amide bonds. The Labute approximate surface area is 104 Å². The van der Waals surface area contributed by atoms with Crippen molar-refractivity contribution in [2.24, 2.45) is 0 Å². The van der Waals surface area contributed by atoms with Crippen LogP contribution >= 0.6 is 23.2 Å². The molecule has 16 heavy (non-hydrogen) atoms. The van der Waals surface area contributed by atoms with E-state index in [9.17, 15) is 4.79 Å². The van der Waals surface area contributed by atoms with Crippen LogP contribution in [0.25, 0.3) is 0 Å². The quantitative estimate of drug-likeness (QED) is 0.783. The number of carbonyl (C=O) groups is 1. The molecule has 0 N–H and O–H groups in total. The van der Waals surface area contributed by atoms with E-state index >= 15 is 0 Å². The first-order valence-electron chi connectivity index (χ1n) is 4.76. The van der Waals surface area contributed by atoms with Crippen LogP contribution in [-0.4, -0.2) is 19.7 Å². The number of rotatable bonds is 4. The number of hydrogen-bond donors (Lipinski definition) is 0. The molecule has 0 spiro atoms. The Bertz CT molecular complexity index is 391. The van der Waals surface area contributed by atoms with Crippen LogP contribution in [-0.2, 0) is 16.0 Å². The average molecular weight is 263 g/mol. The molecule has 3 nitrogen and oxygen atoms in total. The zero-order chi connectivity index (χ0) is 12.1. The molecule has 0 saturated carbocycles. The molecule has 0 atom stereocenters. The fourth-order valence-electron chi connectivity index (χ4n) is 1.23. The van der Waals surface area contributed by atoms with Crippen molar-refractivity contribution < 1.29 is 14.3 Å². The maximum Gasteiger partial charge on any atom is 0.310 e. The molecule has 1 aromatic carbocycles. The molecule has 0 unspecified atom stereocenters. The van der Waals surface area contributed by atoms with Gasteiger partial charge in [-0.25, -0.2) is 0 Å². The van der Waals surface area contributed by atoms with Gasteiger partial charge in [0.15, 0.2) is 0 Å². The van der Waals surface area contributed by atoms with E-state index in [1.807, 2.05) is 0 Å². The van der Waals surface area contributed by atoms with Gasteiger partial charge in [0.05, 0.1) is 25.2 Å². The van der Waals surface area contributed by atoms with Crippen molar-refractivity contribution in [1.82, 2.24) is 0 Å². The predicted molar refractivity (Wildman–Crippen MR) is 63.4 cm³/mol. The molecule has 5 heteroatoms. The highest BCUT2D eigenvalue weighted by molar-refractivity contribution is 6.34. The highest BCUT2D eigenvalue weighted by Crippen LogP contribution is 2.31. The van der Waals surface area contributed by atoms with Crippen molar-refractivity contribution in [2.75, 3.05) is 13.7 Å². The first-order chi connectivity index (χ1) is 7.58. The van der Waals surface area contributed by atoms with E-state index in [0.717, 1.165) is 0 Å². The maximum absolute atomic E-state index is 11.3. The summed E-state index contributed by atoms with van der Waals surface area (Å²) >= 11 is 11.9. The molecule has 0 aliphatic heterocycles. The largest absolute Gasteiger partial charge is 0.495 e. The van der Waals surface area contributed by atoms with Gasteiger partial charge in [-0.3, -0.25) is 4.79 Å². The van der Waals surface area contributed by atoms with E-state index in [1.54, 1.807) is 19.1 Å². The second-order valence-corrected chi connectivity index (χ2v) is 3.87. The Kier molecular flexibility index (Phi) is 4.90. The van der Waals surface area contributed by atoms with E-state index in [4.69, 9.17) is 32.7 Å². The number of ether oxygens (including phenoxy) is 2. The molecular formula is C11H12Cl2O3. The number of benzene rings is 1. The molecule has 1 aromatic rings. The van der Waals surface area contributed by atoms with Gasteiger partial charge in [0.25, 0.3) is 0 Å². The third-order valence-electron chi connectivity index (χ3n) is 1.96. The van der Waals surface area contributed by atoms with E-state index in [1.165, 1.54) is 7.11 Å². The molecule has 0 aliphatic rings. The second-order valence-electron chi connectivity index (χ2n) is 3.06. The SMILES string of the molecule is CCOC(=O)Cc1cc(Cl)c(OC)cc1Cl. The Hall–Kier alpha value is -0.930. The lowest BCUT2D eigenvalue weighted by Gasteiger charge is -2.08. The highest BCUT2D eigenvalue weighted by Gasteiger charge is 2.11. The highest BCUT2D eigenvalue weighted by atomic mass is 35.5. The van der Waals surface area contributed by atoms with Crippen LogP contribution in [0.4, 0.5) is 0 Å². The van der Waals surface area contributed by atoms with Gasteiger partial charge in [0.2, 0.25) is 0 Å². The lowest BCUT2D eigenvalue weighted by atomic mass is 10.1. The molecule has 0 bridgehead atoms. The van der Waals surface area contributed by atoms with Crippen LogP contribution in [0.3, 0.4) is 0 Å². The summed E-state index contributed by atoms with van der Waals surface area (Å²) < 4.78 is 9.83. The Balaban J connectivity index is 2.89. The van der Waals surface area contributed by atoms with Crippen molar-refractivity contribution in [1.29, 1.82) is 0 Å². The van der Waals surface area contributed by atoms with Gasteiger partial charge in [0.1, 0.15) is 5.75 Å². The Morgan fingerprint density at radius 2 is 2.00 bits per heavy atom. The normalized spacial score (nSPS) is 10.0. The number of hydrogen-bond acceptors (Lipinski definition) is 3. The topological polar surface area (TPSA) is 35.5 Å².